The lowest BCUT2D eigenvalue weighted by molar-refractivity contribution is -0.148. The predicted molar refractivity (Wildman–Crippen MR) is 88.3 cm³/mol. The fraction of sp³-hybridized carbons (Fsp3) is 0.286. The van der Waals surface area contributed by atoms with Crippen LogP contribution in [0.25, 0.3) is 10.2 Å². The van der Waals surface area contributed by atoms with Gasteiger partial charge in [0.05, 0.1) is 10.2 Å². The number of carbonyl (C=O) groups excluding carboxylic acids is 3. The highest BCUT2D eigenvalue weighted by Gasteiger charge is 2.09. The molecule has 0 aliphatic heterocycles. The molecule has 7 nitrogen and oxygen atoms in total. The third kappa shape index (κ3) is 5.87. The number of urea groups is 1. The van der Waals surface area contributed by atoms with E-state index < -0.39 is 24.5 Å². The molecular weight excluding hydrogens is 338 g/mol. The lowest BCUT2D eigenvalue weighted by Gasteiger charge is -2.03. The summed E-state index contributed by atoms with van der Waals surface area (Å²) in [5, 5.41) is 1.81. The van der Waals surface area contributed by atoms with Crippen LogP contribution >= 0.6 is 23.1 Å². The molecule has 0 spiro atoms. The van der Waals surface area contributed by atoms with Gasteiger partial charge in [0.2, 0.25) is 0 Å². The fourth-order valence-electron chi connectivity index (χ4n) is 1.68. The average molecular weight is 353 g/mol. The Kier molecular flexibility index (Phi) is 6.36. The van der Waals surface area contributed by atoms with E-state index in [0.717, 1.165) is 20.3 Å². The van der Waals surface area contributed by atoms with E-state index >= 15 is 0 Å². The zero-order chi connectivity index (χ0) is 16.7. The molecule has 0 aliphatic rings. The number of para-hydroxylation sites is 1. The molecule has 9 heteroatoms. The van der Waals surface area contributed by atoms with E-state index in [1.807, 2.05) is 29.6 Å². The van der Waals surface area contributed by atoms with E-state index in [4.69, 9.17) is 10.5 Å². The molecule has 2 rings (SSSR count). The first-order valence-corrected chi connectivity index (χ1v) is 8.58. The minimum Gasteiger partial charge on any atom is -0.456 e. The SMILES string of the molecule is NC(=O)NC(=O)COC(=O)CCCSc1nc2ccccc2s1. The lowest BCUT2D eigenvalue weighted by atomic mass is 10.3. The molecule has 23 heavy (non-hydrogen) atoms. The summed E-state index contributed by atoms with van der Waals surface area (Å²) in [6.07, 6.45) is 0.804. The zero-order valence-electron chi connectivity index (χ0n) is 12.1. The van der Waals surface area contributed by atoms with Crippen molar-refractivity contribution in [3.63, 3.8) is 0 Å². The monoisotopic (exact) mass is 353 g/mol. The summed E-state index contributed by atoms with van der Waals surface area (Å²) >= 11 is 3.20. The molecule has 0 unspecified atom stereocenters. The first-order chi connectivity index (χ1) is 11.0. The number of ether oxygens (including phenoxy) is 1. The Morgan fingerprint density at radius 2 is 2.09 bits per heavy atom. The van der Waals surface area contributed by atoms with Crippen molar-refractivity contribution in [3.8, 4) is 0 Å². The normalized spacial score (nSPS) is 10.4. The second-order valence-corrected chi connectivity index (χ2v) is 6.85. The van der Waals surface area contributed by atoms with Crippen LogP contribution < -0.4 is 11.1 Å². The highest BCUT2D eigenvalue weighted by Crippen LogP contribution is 2.29. The third-order valence-corrected chi connectivity index (χ3v) is 4.92. The second-order valence-electron chi connectivity index (χ2n) is 4.47. The molecule has 0 bridgehead atoms. The number of rotatable bonds is 7. The molecule has 1 aromatic heterocycles. The van der Waals surface area contributed by atoms with Crippen LogP contribution in [0, 0.1) is 0 Å². The third-order valence-electron chi connectivity index (χ3n) is 2.65. The maximum Gasteiger partial charge on any atom is 0.318 e. The van der Waals surface area contributed by atoms with Crippen LogP contribution in [0.15, 0.2) is 28.6 Å². The van der Waals surface area contributed by atoms with Crippen LogP contribution in [-0.4, -0.2) is 35.3 Å². The topological polar surface area (TPSA) is 111 Å². The number of aromatic nitrogens is 1. The van der Waals surface area contributed by atoms with Crippen molar-refractivity contribution in [2.45, 2.75) is 17.2 Å². The Bertz CT molecular complexity index is 684. The van der Waals surface area contributed by atoms with E-state index in [2.05, 4.69) is 4.98 Å². The number of amides is 3. The number of thiazole rings is 1. The van der Waals surface area contributed by atoms with Crippen molar-refractivity contribution in [2.75, 3.05) is 12.4 Å². The van der Waals surface area contributed by atoms with Crippen LogP contribution in [-0.2, 0) is 14.3 Å². The Balaban J connectivity index is 1.64. The standard InChI is InChI=1S/C14H15N3O4S2/c15-13(20)17-11(18)8-21-12(19)6-3-7-22-14-16-9-4-1-2-5-10(9)23-14/h1-2,4-5H,3,6-8H2,(H3,15,17,18,20). The number of hydrogen-bond donors (Lipinski definition) is 2. The summed E-state index contributed by atoms with van der Waals surface area (Å²) in [6, 6.07) is 6.93. The summed E-state index contributed by atoms with van der Waals surface area (Å²) in [4.78, 5) is 37.4. The van der Waals surface area contributed by atoms with Crippen LogP contribution in [0.5, 0.6) is 0 Å². The van der Waals surface area contributed by atoms with Gasteiger partial charge in [0.25, 0.3) is 5.91 Å². The van der Waals surface area contributed by atoms with Crippen LogP contribution in [0.2, 0.25) is 0 Å². The molecule has 122 valence electrons. The Morgan fingerprint density at radius 1 is 1.30 bits per heavy atom. The molecule has 0 aliphatic carbocycles. The van der Waals surface area contributed by atoms with Crippen molar-refractivity contribution in [1.82, 2.24) is 10.3 Å². The number of imide groups is 1. The highest BCUT2D eigenvalue weighted by molar-refractivity contribution is 8.01. The number of nitrogens with zero attached hydrogens (tertiary/aromatic N) is 1. The molecule has 0 fully saturated rings. The van der Waals surface area contributed by atoms with Gasteiger partial charge in [-0.15, -0.1) is 11.3 Å². The number of esters is 1. The molecule has 0 saturated heterocycles. The average Bonchev–Trinajstić information content (AvgIpc) is 2.91. The molecule has 0 radical (unpaired) electrons. The molecule has 3 N–H and O–H groups in total. The molecule has 0 saturated carbocycles. The smallest absolute Gasteiger partial charge is 0.318 e. The minimum absolute atomic E-state index is 0.196. The number of benzene rings is 1. The fourth-order valence-corrected chi connectivity index (χ4v) is 3.76. The van der Waals surface area contributed by atoms with Gasteiger partial charge in [0.15, 0.2) is 10.9 Å². The quantitative estimate of drug-likeness (QED) is 0.447. The van der Waals surface area contributed by atoms with Crippen molar-refractivity contribution in [1.29, 1.82) is 0 Å². The van der Waals surface area contributed by atoms with Crippen molar-refractivity contribution >= 4 is 51.2 Å². The van der Waals surface area contributed by atoms with Gasteiger partial charge in [-0.3, -0.25) is 14.9 Å². The Hall–Kier alpha value is -2.13. The molecule has 3 amide bonds. The Morgan fingerprint density at radius 3 is 2.83 bits per heavy atom. The van der Waals surface area contributed by atoms with Crippen LogP contribution in [0.3, 0.4) is 0 Å². The number of fused-ring (bicyclic) bond motifs is 1. The molecule has 2 aromatic rings. The first-order valence-electron chi connectivity index (χ1n) is 6.78. The van der Waals surface area contributed by atoms with Crippen molar-refractivity contribution < 1.29 is 19.1 Å². The van der Waals surface area contributed by atoms with Gasteiger partial charge in [-0.2, -0.15) is 0 Å². The maximum atomic E-state index is 11.4. The van der Waals surface area contributed by atoms with Gasteiger partial charge >= 0.3 is 12.0 Å². The summed E-state index contributed by atoms with van der Waals surface area (Å²) in [7, 11) is 0. The molecule has 1 aromatic carbocycles. The number of nitrogens with two attached hydrogens (primary N) is 1. The van der Waals surface area contributed by atoms with E-state index in [1.165, 1.54) is 0 Å². The summed E-state index contributed by atoms with van der Waals surface area (Å²) in [6.45, 7) is -0.507. The number of hydrogen-bond acceptors (Lipinski definition) is 7. The molecule has 1 heterocycles. The van der Waals surface area contributed by atoms with Crippen molar-refractivity contribution in [3.05, 3.63) is 24.3 Å². The van der Waals surface area contributed by atoms with Gasteiger partial charge in [0, 0.05) is 12.2 Å². The largest absolute Gasteiger partial charge is 0.456 e. The highest BCUT2D eigenvalue weighted by atomic mass is 32.2. The molecular formula is C14H15N3O4S2. The van der Waals surface area contributed by atoms with Gasteiger partial charge in [-0.1, -0.05) is 23.9 Å². The second kappa shape index (κ2) is 8.49. The van der Waals surface area contributed by atoms with E-state index in [1.54, 1.807) is 23.1 Å². The van der Waals surface area contributed by atoms with Crippen LogP contribution in [0.4, 0.5) is 4.79 Å². The van der Waals surface area contributed by atoms with E-state index in [9.17, 15) is 14.4 Å². The zero-order valence-corrected chi connectivity index (χ0v) is 13.7. The molecule has 0 atom stereocenters. The lowest BCUT2D eigenvalue weighted by Crippen LogP contribution is -2.37. The van der Waals surface area contributed by atoms with Gasteiger partial charge in [-0.05, 0) is 18.6 Å². The van der Waals surface area contributed by atoms with Gasteiger partial charge in [-0.25, -0.2) is 9.78 Å². The number of carbonyl (C=O) groups is 3. The van der Waals surface area contributed by atoms with E-state index in [-0.39, 0.29) is 6.42 Å². The maximum absolute atomic E-state index is 11.4. The van der Waals surface area contributed by atoms with Crippen LogP contribution in [0.1, 0.15) is 12.8 Å². The van der Waals surface area contributed by atoms with Gasteiger partial charge in [0.1, 0.15) is 0 Å². The number of nitrogens with one attached hydrogen (secondary N) is 1. The van der Waals surface area contributed by atoms with Crippen molar-refractivity contribution in [2.24, 2.45) is 5.73 Å². The van der Waals surface area contributed by atoms with Gasteiger partial charge < -0.3 is 10.5 Å². The number of primary amides is 1. The summed E-state index contributed by atoms with van der Waals surface area (Å²) in [5.74, 6) is -0.508. The van der Waals surface area contributed by atoms with E-state index in [0.29, 0.717) is 6.42 Å². The summed E-state index contributed by atoms with van der Waals surface area (Å²) in [5.41, 5.74) is 5.73. The number of thioether (sulfide) groups is 1. The Labute approximate surface area is 140 Å². The first kappa shape index (κ1) is 17.2. The predicted octanol–water partition coefficient (Wildman–Crippen LogP) is 1.91. The summed E-state index contributed by atoms with van der Waals surface area (Å²) < 4.78 is 6.82. The minimum atomic E-state index is -0.974.